The fourth-order valence-corrected chi connectivity index (χ4v) is 2.72. The van der Waals surface area contributed by atoms with Crippen molar-refractivity contribution in [1.82, 2.24) is 4.98 Å². The number of thiazole rings is 1. The zero-order valence-corrected chi connectivity index (χ0v) is 9.80. The quantitative estimate of drug-likeness (QED) is 0.855. The van der Waals surface area contributed by atoms with E-state index in [0.717, 1.165) is 30.2 Å². The van der Waals surface area contributed by atoms with E-state index in [1.165, 1.54) is 6.42 Å². The molecule has 4 heteroatoms. The number of aliphatic hydroxyl groups excluding tert-OH is 1. The first kappa shape index (κ1) is 11.0. The Balaban J connectivity index is 1.94. The summed E-state index contributed by atoms with van der Waals surface area (Å²) in [5.41, 5.74) is 1.01. The maximum atomic E-state index is 9.02. The van der Waals surface area contributed by atoms with Gasteiger partial charge in [0.1, 0.15) is 0 Å². The number of aliphatic hydroxyl groups is 1. The van der Waals surface area contributed by atoms with Crippen LogP contribution in [-0.4, -0.2) is 29.4 Å². The zero-order chi connectivity index (χ0) is 10.7. The molecule has 1 fully saturated rings. The molecule has 1 aliphatic rings. The van der Waals surface area contributed by atoms with Crippen molar-refractivity contribution in [1.29, 1.82) is 0 Å². The molecule has 2 rings (SSSR count). The first-order valence-electron chi connectivity index (χ1n) is 5.46. The van der Waals surface area contributed by atoms with Crippen LogP contribution in [0, 0.1) is 0 Å². The number of nitrogens with zero attached hydrogens (tertiary/aromatic N) is 1. The first-order valence-corrected chi connectivity index (χ1v) is 6.34. The van der Waals surface area contributed by atoms with Crippen LogP contribution in [0.25, 0.3) is 0 Å². The molecule has 0 aromatic carbocycles. The van der Waals surface area contributed by atoms with Crippen LogP contribution in [0.5, 0.6) is 0 Å². The molecule has 1 N–H and O–H groups in total. The van der Waals surface area contributed by atoms with Gasteiger partial charge in [0, 0.05) is 24.3 Å². The SMILES string of the molecule is CC(CO)c1csc(CC2CCCO2)n1. The Bertz CT molecular complexity index is 307. The van der Waals surface area contributed by atoms with E-state index < -0.39 is 0 Å². The monoisotopic (exact) mass is 227 g/mol. The summed E-state index contributed by atoms with van der Waals surface area (Å²) in [5.74, 6) is 0.152. The summed E-state index contributed by atoms with van der Waals surface area (Å²) in [4.78, 5) is 4.52. The van der Waals surface area contributed by atoms with Crippen LogP contribution in [0.1, 0.15) is 36.4 Å². The fraction of sp³-hybridized carbons (Fsp3) is 0.727. The summed E-state index contributed by atoms with van der Waals surface area (Å²) in [6, 6.07) is 0. The molecule has 1 aromatic rings. The Morgan fingerprint density at radius 1 is 1.73 bits per heavy atom. The molecule has 84 valence electrons. The van der Waals surface area contributed by atoms with E-state index in [9.17, 15) is 0 Å². The van der Waals surface area contributed by atoms with Gasteiger partial charge in [-0.25, -0.2) is 4.98 Å². The van der Waals surface area contributed by atoms with E-state index in [1.807, 2.05) is 12.3 Å². The van der Waals surface area contributed by atoms with E-state index >= 15 is 0 Å². The predicted molar refractivity (Wildman–Crippen MR) is 60.3 cm³/mol. The molecular weight excluding hydrogens is 210 g/mol. The highest BCUT2D eigenvalue weighted by Gasteiger charge is 2.18. The van der Waals surface area contributed by atoms with E-state index in [-0.39, 0.29) is 12.5 Å². The average Bonchev–Trinajstić information content (AvgIpc) is 2.88. The van der Waals surface area contributed by atoms with Crippen LogP contribution in [-0.2, 0) is 11.2 Å². The van der Waals surface area contributed by atoms with Gasteiger partial charge < -0.3 is 9.84 Å². The van der Waals surface area contributed by atoms with Crippen molar-refractivity contribution in [3.05, 3.63) is 16.1 Å². The Morgan fingerprint density at radius 3 is 3.27 bits per heavy atom. The van der Waals surface area contributed by atoms with Crippen molar-refractivity contribution in [3.8, 4) is 0 Å². The minimum atomic E-state index is 0.152. The minimum absolute atomic E-state index is 0.152. The lowest BCUT2D eigenvalue weighted by Gasteiger charge is -2.06. The second kappa shape index (κ2) is 5.05. The van der Waals surface area contributed by atoms with Crippen LogP contribution in [0.3, 0.4) is 0 Å². The third-order valence-corrected chi connectivity index (χ3v) is 3.66. The molecule has 1 aromatic heterocycles. The maximum absolute atomic E-state index is 9.02. The highest BCUT2D eigenvalue weighted by molar-refractivity contribution is 7.09. The molecule has 2 heterocycles. The number of hydrogen-bond acceptors (Lipinski definition) is 4. The Labute approximate surface area is 94.1 Å². The standard InChI is InChI=1S/C11H17NO2S/c1-8(6-13)10-7-15-11(12-10)5-9-3-2-4-14-9/h7-9,13H,2-6H2,1H3. The van der Waals surface area contributed by atoms with Crippen molar-refractivity contribution in [3.63, 3.8) is 0 Å². The molecule has 0 bridgehead atoms. The van der Waals surface area contributed by atoms with Crippen LogP contribution in [0.4, 0.5) is 0 Å². The van der Waals surface area contributed by atoms with Gasteiger partial charge in [-0.15, -0.1) is 11.3 Å². The summed E-state index contributed by atoms with van der Waals surface area (Å²) in [5, 5.41) is 12.2. The molecule has 2 atom stereocenters. The predicted octanol–water partition coefficient (Wildman–Crippen LogP) is 1.96. The molecule has 0 radical (unpaired) electrons. The van der Waals surface area contributed by atoms with Crippen LogP contribution in [0.15, 0.2) is 5.38 Å². The third kappa shape index (κ3) is 2.77. The molecule has 15 heavy (non-hydrogen) atoms. The summed E-state index contributed by atoms with van der Waals surface area (Å²) in [6.07, 6.45) is 3.64. The second-order valence-corrected chi connectivity index (χ2v) is 5.03. The Morgan fingerprint density at radius 2 is 2.60 bits per heavy atom. The van der Waals surface area contributed by atoms with E-state index in [2.05, 4.69) is 4.98 Å². The number of ether oxygens (including phenoxy) is 1. The Kier molecular flexibility index (Phi) is 3.72. The molecule has 0 saturated carbocycles. The summed E-state index contributed by atoms with van der Waals surface area (Å²) in [6.45, 7) is 3.06. The average molecular weight is 227 g/mol. The zero-order valence-electron chi connectivity index (χ0n) is 8.98. The lowest BCUT2D eigenvalue weighted by Crippen LogP contribution is -2.09. The molecular formula is C11H17NO2S. The summed E-state index contributed by atoms with van der Waals surface area (Å²) >= 11 is 1.68. The number of aromatic nitrogens is 1. The smallest absolute Gasteiger partial charge is 0.0954 e. The largest absolute Gasteiger partial charge is 0.396 e. The highest BCUT2D eigenvalue weighted by atomic mass is 32.1. The molecule has 2 unspecified atom stereocenters. The third-order valence-electron chi connectivity index (χ3n) is 2.77. The topological polar surface area (TPSA) is 42.4 Å². The van der Waals surface area contributed by atoms with Crippen LogP contribution >= 0.6 is 11.3 Å². The van der Waals surface area contributed by atoms with Crippen molar-refractivity contribution in [2.45, 2.75) is 38.2 Å². The van der Waals surface area contributed by atoms with Gasteiger partial charge in [-0.1, -0.05) is 6.92 Å². The molecule has 0 spiro atoms. The second-order valence-electron chi connectivity index (χ2n) is 4.09. The molecule has 1 saturated heterocycles. The van der Waals surface area contributed by atoms with Crippen molar-refractivity contribution >= 4 is 11.3 Å². The van der Waals surface area contributed by atoms with Crippen molar-refractivity contribution < 1.29 is 9.84 Å². The van der Waals surface area contributed by atoms with Gasteiger partial charge in [-0.05, 0) is 12.8 Å². The summed E-state index contributed by atoms with van der Waals surface area (Å²) in [7, 11) is 0. The van der Waals surface area contributed by atoms with Gasteiger partial charge in [-0.2, -0.15) is 0 Å². The molecule has 3 nitrogen and oxygen atoms in total. The van der Waals surface area contributed by atoms with Gasteiger partial charge >= 0.3 is 0 Å². The van der Waals surface area contributed by atoms with Gasteiger partial charge in [0.15, 0.2) is 0 Å². The van der Waals surface area contributed by atoms with E-state index in [1.54, 1.807) is 11.3 Å². The van der Waals surface area contributed by atoms with Gasteiger partial charge in [0.25, 0.3) is 0 Å². The Hall–Kier alpha value is -0.450. The number of rotatable bonds is 4. The van der Waals surface area contributed by atoms with Crippen molar-refractivity contribution in [2.24, 2.45) is 0 Å². The molecule has 1 aliphatic heterocycles. The fourth-order valence-electron chi connectivity index (χ4n) is 1.74. The molecule has 0 aliphatic carbocycles. The van der Waals surface area contributed by atoms with Gasteiger partial charge in [0.05, 0.1) is 23.4 Å². The maximum Gasteiger partial charge on any atom is 0.0954 e. The van der Waals surface area contributed by atoms with Crippen molar-refractivity contribution in [2.75, 3.05) is 13.2 Å². The minimum Gasteiger partial charge on any atom is -0.396 e. The van der Waals surface area contributed by atoms with Gasteiger partial charge in [0.2, 0.25) is 0 Å². The summed E-state index contributed by atoms with van der Waals surface area (Å²) < 4.78 is 5.57. The lowest BCUT2D eigenvalue weighted by molar-refractivity contribution is 0.111. The highest BCUT2D eigenvalue weighted by Crippen LogP contribution is 2.22. The normalized spacial score (nSPS) is 23.2. The van der Waals surface area contributed by atoms with Crippen LogP contribution < -0.4 is 0 Å². The first-order chi connectivity index (χ1) is 7.29. The van der Waals surface area contributed by atoms with E-state index in [0.29, 0.717) is 6.10 Å². The number of hydrogen-bond donors (Lipinski definition) is 1. The van der Waals surface area contributed by atoms with Crippen LogP contribution in [0.2, 0.25) is 0 Å². The van der Waals surface area contributed by atoms with E-state index in [4.69, 9.17) is 9.84 Å². The molecule has 0 amide bonds. The van der Waals surface area contributed by atoms with Gasteiger partial charge in [-0.3, -0.25) is 0 Å². The lowest BCUT2D eigenvalue weighted by atomic mass is 10.1.